The number of unbranched alkanes of at least 4 members (excludes halogenated alkanes) is 11. The minimum atomic E-state index is -1.46. The lowest BCUT2D eigenvalue weighted by atomic mass is 9.97. The Kier molecular flexibility index (Phi) is 15.4. The summed E-state index contributed by atoms with van der Waals surface area (Å²) in [7, 11) is 0. The molecule has 0 aromatic heterocycles. The van der Waals surface area contributed by atoms with E-state index >= 15 is 0 Å². The average Bonchev–Trinajstić information content (AvgIpc) is 2.73. The molecule has 1 aliphatic heterocycles. The van der Waals surface area contributed by atoms with Crippen molar-refractivity contribution in [2.75, 3.05) is 6.61 Å². The molecule has 1 saturated heterocycles. The predicted octanol–water partition coefficient (Wildman–Crippen LogP) is 3.02. The number of amides is 1. The molecule has 7 heteroatoms. The second-order valence-electron chi connectivity index (χ2n) is 9.50. The standard InChI is InChI=1S/C24H47NO6/c1-18(2)15-13-11-9-7-5-3-4-6-8-10-12-14-16-20(27)25-21-23(29)22(28)19(17-26)31-24(21)30/h18-19,21-24,26,28-30H,3-17H2,1-2H3,(H,25,27)/t19-,21-,22-,23-,24-/m1/s1. The fraction of sp³-hybridized carbons (Fsp3) is 0.958. The lowest BCUT2D eigenvalue weighted by Gasteiger charge is -2.40. The van der Waals surface area contributed by atoms with Crippen LogP contribution in [0.3, 0.4) is 0 Å². The molecule has 0 unspecified atom stereocenters. The summed E-state index contributed by atoms with van der Waals surface area (Å²) in [6, 6.07) is -1.10. The van der Waals surface area contributed by atoms with Crippen molar-refractivity contribution in [3.05, 3.63) is 0 Å². The molecule has 7 nitrogen and oxygen atoms in total. The lowest BCUT2D eigenvalue weighted by Crippen LogP contribution is -2.64. The number of rotatable bonds is 17. The van der Waals surface area contributed by atoms with Crippen molar-refractivity contribution < 1.29 is 30.0 Å². The summed E-state index contributed by atoms with van der Waals surface area (Å²) < 4.78 is 5.04. The highest BCUT2D eigenvalue weighted by molar-refractivity contribution is 5.76. The van der Waals surface area contributed by atoms with Gasteiger partial charge in [0.2, 0.25) is 5.91 Å². The number of hydrogen-bond acceptors (Lipinski definition) is 6. The first kappa shape index (κ1) is 28.3. The maximum absolute atomic E-state index is 12.1. The second-order valence-corrected chi connectivity index (χ2v) is 9.50. The lowest BCUT2D eigenvalue weighted by molar-refractivity contribution is -0.253. The fourth-order valence-corrected chi connectivity index (χ4v) is 4.12. The van der Waals surface area contributed by atoms with Crippen molar-refractivity contribution in [1.82, 2.24) is 5.32 Å². The quantitative estimate of drug-likeness (QED) is 0.220. The monoisotopic (exact) mass is 445 g/mol. The van der Waals surface area contributed by atoms with Gasteiger partial charge < -0.3 is 30.5 Å². The molecule has 5 atom stereocenters. The molecule has 0 saturated carbocycles. The zero-order valence-corrected chi connectivity index (χ0v) is 19.7. The van der Waals surface area contributed by atoms with Crippen molar-refractivity contribution in [3.8, 4) is 0 Å². The molecule has 5 N–H and O–H groups in total. The highest BCUT2D eigenvalue weighted by Gasteiger charge is 2.44. The van der Waals surface area contributed by atoms with Crippen LogP contribution in [0.15, 0.2) is 0 Å². The molecular formula is C24H47NO6. The maximum atomic E-state index is 12.1. The minimum absolute atomic E-state index is 0.283. The number of aliphatic hydroxyl groups is 4. The number of carbonyl (C=O) groups is 1. The van der Waals surface area contributed by atoms with Crippen LogP contribution in [-0.2, 0) is 9.53 Å². The summed E-state index contributed by atoms with van der Waals surface area (Å²) in [4.78, 5) is 12.1. The Morgan fingerprint density at radius 2 is 1.29 bits per heavy atom. The molecule has 0 spiro atoms. The van der Waals surface area contributed by atoms with Crippen LogP contribution >= 0.6 is 0 Å². The Hall–Kier alpha value is -0.730. The molecule has 1 fully saturated rings. The van der Waals surface area contributed by atoms with Crippen molar-refractivity contribution >= 4 is 5.91 Å². The smallest absolute Gasteiger partial charge is 0.220 e. The molecule has 0 aromatic carbocycles. The van der Waals surface area contributed by atoms with Gasteiger partial charge in [0.25, 0.3) is 0 Å². The molecule has 1 heterocycles. The van der Waals surface area contributed by atoms with Gasteiger partial charge in [-0.2, -0.15) is 0 Å². The van der Waals surface area contributed by atoms with Crippen molar-refractivity contribution in [3.63, 3.8) is 0 Å². The van der Waals surface area contributed by atoms with Crippen LogP contribution in [0.2, 0.25) is 0 Å². The van der Waals surface area contributed by atoms with Gasteiger partial charge in [-0.1, -0.05) is 90.9 Å². The Balaban J connectivity index is 1.96. The van der Waals surface area contributed by atoms with Gasteiger partial charge in [0.15, 0.2) is 6.29 Å². The van der Waals surface area contributed by atoms with Crippen LogP contribution in [-0.4, -0.2) is 63.6 Å². The Morgan fingerprint density at radius 1 is 0.806 bits per heavy atom. The normalized spacial score (nSPS) is 26.4. The van der Waals surface area contributed by atoms with Gasteiger partial charge in [-0.3, -0.25) is 4.79 Å². The van der Waals surface area contributed by atoms with E-state index < -0.39 is 37.3 Å². The van der Waals surface area contributed by atoms with Gasteiger partial charge in [0.1, 0.15) is 24.4 Å². The van der Waals surface area contributed by atoms with Gasteiger partial charge >= 0.3 is 0 Å². The van der Waals surface area contributed by atoms with E-state index in [2.05, 4.69) is 19.2 Å². The Labute approximate surface area is 188 Å². The van der Waals surface area contributed by atoms with E-state index in [9.17, 15) is 20.1 Å². The first-order valence-corrected chi connectivity index (χ1v) is 12.5. The zero-order chi connectivity index (χ0) is 23.1. The molecular weight excluding hydrogens is 398 g/mol. The maximum Gasteiger partial charge on any atom is 0.220 e. The summed E-state index contributed by atoms with van der Waals surface area (Å²) in [5.74, 6) is 0.547. The van der Waals surface area contributed by atoms with E-state index in [0.29, 0.717) is 6.42 Å². The number of hydrogen-bond donors (Lipinski definition) is 5. The van der Waals surface area contributed by atoms with Crippen LogP contribution in [0, 0.1) is 5.92 Å². The van der Waals surface area contributed by atoms with E-state index in [1.54, 1.807) is 0 Å². The van der Waals surface area contributed by atoms with Gasteiger partial charge in [-0.25, -0.2) is 0 Å². The Morgan fingerprint density at radius 3 is 1.77 bits per heavy atom. The number of nitrogens with one attached hydrogen (secondary N) is 1. The summed E-state index contributed by atoms with van der Waals surface area (Å²) in [6.45, 7) is 4.06. The van der Waals surface area contributed by atoms with E-state index in [1.807, 2.05) is 0 Å². The molecule has 0 aromatic rings. The summed E-state index contributed by atoms with van der Waals surface area (Å²) in [5, 5.41) is 41.4. The molecule has 1 amide bonds. The van der Waals surface area contributed by atoms with Gasteiger partial charge in [-0.05, 0) is 12.3 Å². The van der Waals surface area contributed by atoms with Crippen LogP contribution in [0.1, 0.15) is 104 Å². The summed E-state index contributed by atoms with van der Waals surface area (Å²) in [6.07, 6.45) is 11.1. The highest BCUT2D eigenvalue weighted by atomic mass is 16.6. The molecule has 1 rings (SSSR count). The Bertz CT molecular complexity index is 461. The average molecular weight is 446 g/mol. The topological polar surface area (TPSA) is 119 Å². The number of carbonyl (C=O) groups excluding carboxylic acids is 1. The van der Waals surface area contributed by atoms with Crippen LogP contribution < -0.4 is 5.32 Å². The number of ether oxygens (including phenoxy) is 1. The molecule has 0 aliphatic carbocycles. The van der Waals surface area contributed by atoms with Gasteiger partial charge in [-0.15, -0.1) is 0 Å². The molecule has 1 aliphatic rings. The first-order chi connectivity index (χ1) is 14.9. The van der Waals surface area contributed by atoms with E-state index in [1.165, 1.54) is 64.2 Å². The van der Waals surface area contributed by atoms with E-state index in [-0.39, 0.29) is 5.91 Å². The molecule has 0 bridgehead atoms. The van der Waals surface area contributed by atoms with Crippen LogP contribution in [0.25, 0.3) is 0 Å². The molecule has 184 valence electrons. The third kappa shape index (κ3) is 12.2. The molecule has 31 heavy (non-hydrogen) atoms. The second kappa shape index (κ2) is 16.8. The van der Waals surface area contributed by atoms with E-state index in [4.69, 9.17) is 9.84 Å². The van der Waals surface area contributed by atoms with Crippen LogP contribution in [0.4, 0.5) is 0 Å². The highest BCUT2D eigenvalue weighted by Crippen LogP contribution is 2.20. The van der Waals surface area contributed by atoms with Crippen LogP contribution in [0.5, 0.6) is 0 Å². The third-order valence-corrected chi connectivity index (χ3v) is 6.16. The number of aliphatic hydroxyl groups excluding tert-OH is 4. The zero-order valence-electron chi connectivity index (χ0n) is 19.7. The predicted molar refractivity (Wildman–Crippen MR) is 121 cm³/mol. The summed E-state index contributed by atoms with van der Waals surface area (Å²) in [5.41, 5.74) is 0. The largest absolute Gasteiger partial charge is 0.394 e. The SMILES string of the molecule is CC(C)CCCCCCCCCCCCCCC(=O)N[C@@H]1[C@@H](O)[C@H](O)[C@@H](CO)O[C@H]1O. The third-order valence-electron chi connectivity index (χ3n) is 6.16. The van der Waals surface area contributed by atoms with Gasteiger partial charge in [0.05, 0.1) is 6.61 Å². The minimum Gasteiger partial charge on any atom is -0.394 e. The first-order valence-electron chi connectivity index (χ1n) is 12.5. The summed E-state index contributed by atoms with van der Waals surface area (Å²) >= 11 is 0. The fourth-order valence-electron chi connectivity index (χ4n) is 4.12. The van der Waals surface area contributed by atoms with Crippen molar-refractivity contribution in [2.24, 2.45) is 5.92 Å². The molecule has 0 radical (unpaired) electrons. The van der Waals surface area contributed by atoms with Crippen molar-refractivity contribution in [2.45, 2.75) is 134 Å². The van der Waals surface area contributed by atoms with Crippen molar-refractivity contribution in [1.29, 1.82) is 0 Å². The van der Waals surface area contributed by atoms with E-state index in [0.717, 1.165) is 25.2 Å². The van der Waals surface area contributed by atoms with Gasteiger partial charge in [0, 0.05) is 6.42 Å².